The van der Waals surface area contributed by atoms with Gasteiger partial charge in [0.25, 0.3) is 0 Å². The summed E-state index contributed by atoms with van der Waals surface area (Å²) in [5, 5.41) is 3.16. The lowest BCUT2D eigenvalue weighted by molar-refractivity contribution is 0.0528. The second kappa shape index (κ2) is 6.88. The summed E-state index contributed by atoms with van der Waals surface area (Å²) in [6.45, 7) is 2.13. The molecule has 1 N–H and O–H groups in total. The molecule has 5 nitrogen and oxygen atoms in total. The van der Waals surface area contributed by atoms with Crippen molar-refractivity contribution in [2.24, 2.45) is 0 Å². The van der Waals surface area contributed by atoms with Crippen LogP contribution in [-0.4, -0.2) is 27.2 Å². The first-order valence-electron chi connectivity index (χ1n) is 8.63. The van der Waals surface area contributed by atoms with E-state index in [1.165, 1.54) is 5.56 Å². The maximum Gasteiger partial charge on any atom is 0.343 e. The van der Waals surface area contributed by atoms with Crippen LogP contribution >= 0.6 is 0 Å². The molecule has 5 heteroatoms. The van der Waals surface area contributed by atoms with Crippen molar-refractivity contribution in [3.05, 3.63) is 83.7 Å². The Morgan fingerprint density at radius 1 is 1.08 bits per heavy atom. The molecule has 2 aromatic carbocycles. The van der Waals surface area contributed by atoms with Gasteiger partial charge in [-0.2, -0.15) is 0 Å². The van der Waals surface area contributed by atoms with Gasteiger partial charge in [-0.1, -0.05) is 60.7 Å². The quantitative estimate of drug-likeness (QED) is 0.554. The van der Waals surface area contributed by atoms with E-state index in [9.17, 15) is 4.79 Å². The average molecular weight is 345 g/mol. The monoisotopic (exact) mass is 345 g/mol. The number of carbonyl (C=O) groups excluding carboxylic acids is 1. The number of hydrogen-bond acceptors (Lipinski definition) is 3. The molecule has 0 saturated carbocycles. The van der Waals surface area contributed by atoms with Crippen LogP contribution in [0, 0.1) is 0 Å². The van der Waals surface area contributed by atoms with E-state index < -0.39 is 0 Å². The Morgan fingerprint density at radius 2 is 1.77 bits per heavy atom. The Labute approximate surface area is 151 Å². The molecule has 2 aromatic heterocycles. The zero-order valence-electron chi connectivity index (χ0n) is 14.5. The third-order valence-electron chi connectivity index (χ3n) is 4.31. The van der Waals surface area contributed by atoms with Crippen molar-refractivity contribution in [3.63, 3.8) is 0 Å². The molecule has 0 aliphatic heterocycles. The van der Waals surface area contributed by atoms with Crippen molar-refractivity contribution < 1.29 is 9.53 Å². The smallest absolute Gasteiger partial charge is 0.343 e. The molecule has 0 amide bonds. The van der Waals surface area contributed by atoms with Crippen LogP contribution in [0.1, 0.15) is 28.5 Å². The van der Waals surface area contributed by atoms with Crippen LogP contribution in [0.2, 0.25) is 0 Å². The van der Waals surface area contributed by atoms with Crippen LogP contribution in [0.5, 0.6) is 0 Å². The second-order valence-corrected chi connectivity index (χ2v) is 6.00. The van der Waals surface area contributed by atoms with Gasteiger partial charge in [0.1, 0.15) is 5.56 Å². The molecule has 26 heavy (non-hydrogen) atoms. The number of esters is 1. The highest BCUT2D eigenvalue weighted by Crippen LogP contribution is 2.27. The van der Waals surface area contributed by atoms with E-state index in [4.69, 9.17) is 9.72 Å². The van der Waals surface area contributed by atoms with E-state index in [1.54, 1.807) is 13.1 Å². The van der Waals surface area contributed by atoms with E-state index in [0.29, 0.717) is 24.2 Å². The summed E-state index contributed by atoms with van der Waals surface area (Å²) in [6, 6.07) is 20.2. The molecular formula is C21H19N3O2. The van der Waals surface area contributed by atoms with E-state index in [0.717, 1.165) is 17.0 Å². The topological polar surface area (TPSA) is 59.4 Å². The predicted molar refractivity (Wildman–Crippen MR) is 100 cm³/mol. The SMILES string of the molecule is CCOC(=O)c1c[nH]n2c(Cc3ccccc3)c(-c3ccccc3)nc12. The maximum atomic E-state index is 12.2. The summed E-state index contributed by atoms with van der Waals surface area (Å²) in [5.74, 6) is -0.366. The molecule has 130 valence electrons. The fourth-order valence-electron chi connectivity index (χ4n) is 3.11. The molecule has 4 aromatic rings. The number of rotatable bonds is 5. The zero-order chi connectivity index (χ0) is 17.9. The lowest BCUT2D eigenvalue weighted by Gasteiger charge is -2.05. The van der Waals surface area contributed by atoms with Gasteiger partial charge in [-0.15, -0.1) is 0 Å². The minimum atomic E-state index is -0.366. The molecule has 0 atom stereocenters. The van der Waals surface area contributed by atoms with Crippen LogP contribution in [0.4, 0.5) is 0 Å². The molecule has 0 bridgehead atoms. The number of carbonyl (C=O) groups is 1. The van der Waals surface area contributed by atoms with Crippen LogP contribution < -0.4 is 0 Å². The molecule has 0 spiro atoms. The standard InChI is InChI=1S/C21H19N3O2/c1-2-26-21(25)17-14-22-24-18(13-15-9-5-3-6-10-15)19(23-20(17)24)16-11-7-4-8-12-16/h3-12,14,22H,2,13H2,1H3. The van der Waals surface area contributed by atoms with E-state index >= 15 is 0 Å². The number of nitrogens with one attached hydrogen (secondary N) is 1. The Kier molecular flexibility index (Phi) is 4.27. The highest BCUT2D eigenvalue weighted by atomic mass is 16.5. The van der Waals surface area contributed by atoms with Gasteiger partial charge in [0, 0.05) is 18.2 Å². The van der Waals surface area contributed by atoms with Crippen molar-refractivity contribution in [2.75, 3.05) is 6.61 Å². The Balaban J connectivity index is 1.87. The number of H-pyrrole nitrogens is 1. The Bertz CT molecular complexity index is 1030. The number of ether oxygens (including phenoxy) is 1. The van der Waals surface area contributed by atoms with Crippen molar-refractivity contribution in [1.82, 2.24) is 14.6 Å². The van der Waals surface area contributed by atoms with Gasteiger partial charge >= 0.3 is 5.97 Å². The van der Waals surface area contributed by atoms with Crippen molar-refractivity contribution in [1.29, 1.82) is 0 Å². The molecule has 0 radical (unpaired) electrons. The van der Waals surface area contributed by atoms with Gasteiger partial charge in [-0.3, -0.25) is 5.10 Å². The number of fused-ring (bicyclic) bond motifs is 1. The lowest BCUT2D eigenvalue weighted by Crippen LogP contribution is -2.04. The minimum Gasteiger partial charge on any atom is -0.462 e. The number of aromatic nitrogens is 3. The largest absolute Gasteiger partial charge is 0.462 e. The summed E-state index contributed by atoms with van der Waals surface area (Å²) >= 11 is 0. The van der Waals surface area contributed by atoms with Crippen LogP contribution in [0.15, 0.2) is 66.9 Å². The number of imidazole rings is 1. The normalized spacial score (nSPS) is 11.0. The summed E-state index contributed by atoms with van der Waals surface area (Å²) in [7, 11) is 0. The average Bonchev–Trinajstić information content (AvgIpc) is 3.24. The van der Waals surface area contributed by atoms with Crippen molar-refractivity contribution in [3.8, 4) is 11.3 Å². The number of nitrogens with zero attached hydrogens (tertiary/aromatic N) is 2. The number of benzene rings is 2. The molecule has 0 aliphatic rings. The predicted octanol–water partition coefficient (Wildman–Crippen LogP) is 4.10. The van der Waals surface area contributed by atoms with Gasteiger partial charge in [0.05, 0.1) is 18.0 Å². The van der Waals surface area contributed by atoms with Gasteiger partial charge < -0.3 is 4.74 Å². The Hall–Kier alpha value is -3.34. The highest BCUT2D eigenvalue weighted by molar-refractivity contribution is 5.96. The van der Waals surface area contributed by atoms with E-state index in [2.05, 4.69) is 17.2 Å². The summed E-state index contributed by atoms with van der Waals surface area (Å²) in [5.41, 5.74) is 5.11. The lowest BCUT2D eigenvalue weighted by atomic mass is 10.0. The molecule has 0 fully saturated rings. The first-order chi connectivity index (χ1) is 12.8. The third kappa shape index (κ3) is 2.88. The molecular weight excluding hydrogens is 326 g/mol. The van der Waals surface area contributed by atoms with Crippen LogP contribution in [0.3, 0.4) is 0 Å². The van der Waals surface area contributed by atoms with Crippen LogP contribution in [0.25, 0.3) is 16.9 Å². The first kappa shape index (κ1) is 16.1. The van der Waals surface area contributed by atoms with E-state index in [1.807, 2.05) is 53.0 Å². The minimum absolute atomic E-state index is 0.333. The molecule has 0 saturated heterocycles. The van der Waals surface area contributed by atoms with E-state index in [-0.39, 0.29) is 5.97 Å². The first-order valence-corrected chi connectivity index (χ1v) is 8.63. The van der Waals surface area contributed by atoms with Gasteiger partial charge in [0.2, 0.25) is 0 Å². The fraction of sp³-hybridized carbons (Fsp3) is 0.143. The Morgan fingerprint density at radius 3 is 2.46 bits per heavy atom. The van der Waals surface area contributed by atoms with Gasteiger partial charge in [-0.05, 0) is 12.5 Å². The number of aromatic amines is 1. The summed E-state index contributed by atoms with van der Waals surface area (Å²) in [6.07, 6.45) is 2.36. The van der Waals surface area contributed by atoms with Crippen molar-refractivity contribution >= 4 is 11.6 Å². The molecule has 4 rings (SSSR count). The maximum absolute atomic E-state index is 12.2. The summed E-state index contributed by atoms with van der Waals surface area (Å²) in [4.78, 5) is 17.0. The second-order valence-electron chi connectivity index (χ2n) is 6.00. The number of hydrogen-bond donors (Lipinski definition) is 1. The zero-order valence-corrected chi connectivity index (χ0v) is 14.5. The summed E-state index contributed by atoms with van der Waals surface area (Å²) < 4.78 is 7.03. The fourth-order valence-corrected chi connectivity index (χ4v) is 3.11. The van der Waals surface area contributed by atoms with Crippen LogP contribution in [-0.2, 0) is 11.2 Å². The molecule has 0 unspecified atom stereocenters. The third-order valence-corrected chi connectivity index (χ3v) is 4.31. The van der Waals surface area contributed by atoms with Gasteiger partial charge in [0.15, 0.2) is 5.65 Å². The van der Waals surface area contributed by atoms with Gasteiger partial charge in [-0.25, -0.2) is 14.3 Å². The molecule has 2 heterocycles. The highest BCUT2D eigenvalue weighted by Gasteiger charge is 2.21. The van der Waals surface area contributed by atoms with Crippen molar-refractivity contribution in [2.45, 2.75) is 13.3 Å². The molecule has 0 aliphatic carbocycles.